The van der Waals surface area contributed by atoms with Crippen LogP contribution in [-0.2, 0) is 7.05 Å². The van der Waals surface area contributed by atoms with Crippen molar-refractivity contribution < 1.29 is 0 Å². The van der Waals surface area contributed by atoms with Gasteiger partial charge in [0, 0.05) is 0 Å². The molecule has 0 saturated carbocycles. The first kappa shape index (κ1) is 15.9. The molecule has 3 aromatic carbocycles. The Kier molecular flexibility index (Phi) is 4.27. The first-order chi connectivity index (χ1) is 12.2. The minimum absolute atomic E-state index is 0.0559. The number of hydrogen-bond donors (Lipinski definition) is 0. The number of benzene rings is 3. The molecular formula is C22H17NOSe. The Bertz CT molecular complexity index is 1090. The maximum atomic E-state index is 12.7. The molecule has 25 heavy (non-hydrogen) atoms. The number of pyridine rings is 1. The van der Waals surface area contributed by atoms with Crippen molar-refractivity contribution in [2.45, 2.75) is 0 Å². The number of hydrogen-bond acceptors (Lipinski definition) is 1. The first-order valence-electron chi connectivity index (χ1n) is 8.14. The van der Waals surface area contributed by atoms with E-state index in [0.717, 1.165) is 21.9 Å². The Hall–Kier alpha value is -2.61. The molecule has 1 aromatic heterocycles. The van der Waals surface area contributed by atoms with E-state index in [0.29, 0.717) is 0 Å². The molecule has 0 atom stereocenters. The van der Waals surface area contributed by atoms with Gasteiger partial charge in [-0.1, -0.05) is 0 Å². The Balaban J connectivity index is 1.88. The predicted molar refractivity (Wildman–Crippen MR) is 106 cm³/mol. The van der Waals surface area contributed by atoms with E-state index in [1.54, 1.807) is 4.57 Å². The van der Waals surface area contributed by atoms with E-state index in [1.165, 1.54) is 8.92 Å². The number of fused-ring (bicyclic) bond motifs is 1. The van der Waals surface area contributed by atoms with Crippen molar-refractivity contribution in [2.24, 2.45) is 7.05 Å². The van der Waals surface area contributed by atoms with Gasteiger partial charge in [0.05, 0.1) is 0 Å². The molecule has 0 saturated heterocycles. The number of aryl methyl sites for hydroxylation is 1. The van der Waals surface area contributed by atoms with Crippen molar-refractivity contribution in [3.63, 3.8) is 0 Å². The van der Waals surface area contributed by atoms with Gasteiger partial charge in [0.2, 0.25) is 0 Å². The molecule has 122 valence electrons. The molecule has 0 aliphatic heterocycles. The standard InChI is InChI=1S/C22H17NOSe/c1-23-15-21(25-18-10-6-3-7-11-18)19-13-12-17(14-20(19)22(23)24)16-8-4-2-5-9-16/h2-15H,1H3. The molecule has 4 rings (SSSR count). The monoisotopic (exact) mass is 391 g/mol. The van der Waals surface area contributed by atoms with Gasteiger partial charge < -0.3 is 0 Å². The zero-order valence-electron chi connectivity index (χ0n) is 13.8. The number of nitrogens with zero attached hydrogens (tertiary/aromatic N) is 1. The first-order valence-corrected chi connectivity index (χ1v) is 9.85. The number of aromatic nitrogens is 1. The second-order valence-corrected chi connectivity index (χ2v) is 8.29. The van der Waals surface area contributed by atoms with Gasteiger partial charge >= 0.3 is 153 Å². The minimum atomic E-state index is 0.0559. The Morgan fingerprint density at radius 1 is 0.760 bits per heavy atom. The zero-order valence-corrected chi connectivity index (χ0v) is 15.6. The molecule has 0 aliphatic rings. The molecule has 0 fully saturated rings. The average molecular weight is 390 g/mol. The predicted octanol–water partition coefficient (Wildman–Crippen LogP) is 2.86. The van der Waals surface area contributed by atoms with Gasteiger partial charge in [0.25, 0.3) is 0 Å². The van der Waals surface area contributed by atoms with Gasteiger partial charge in [0.1, 0.15) is 0 Å². The molecular weight excluding hydrogens is 373 g/mol. The van der Waals surface area contributed by atoms with Gasteiger partial charge in [0.15, 0.2) is 0 Å². The summed E-state index contributed by atoms with van der Waals surface area (Å²) in [6.45, 7) is 0. The Morgan fingerprint density at radius 3 is 2.16 bits per heavy atom. The van der Waals surface area contributed by atoms with Crippen LogP contribution in [0.15, 0.2) is 89.9 Å². The third kappa shape index (κ3) is 3.17. The third-order valence-corrected chi connectivity index (χ3v) is 6.43. The summed E-state index contributed by atoms with van der Waals surface area (Å²) in [6.07, 6.45) is 1.99. The number of rotatable bonds is 3. The van der Waals surface area contributed by atoms with E-state index < -0.39 is 0 Å². The zero-order chi connectivity index (χ0) is 17.2. The summed E-state index contributed by atoms with van der Waals surface area (Å²) in [5.74, 6) is 0. The second kappa shape index (κ2) is 6.72. The van der Waals surface area contributed by atoms with Crippen LogP contribution < -0.4 is 14.5 Å². The molecule has 0 aliphatic carbocycles. The molecule has 0 amide bonds. The summed E-state index contributed by atoms with van der Waals surface area (Å²) in [6, 6.07) is 26.9. The van der Waals surface area contributed by atoms with Crippen molar-refractivity contribution in [1.82, 2.24) is 4.57 Å². The SMILES string of the molecule is Cn1cc([Se]c2ccccc2)c2ccc(-c3ccccc3)cc2c1=O. The fourth-order valence-electron chi connectivity index (χ4n) is 2.94. The van der Waals surface area contributed by atoms with E-state index >= 15 is 0 Å². The Morgan fingerprint density at radius 2 is 1.44 bits per heavy atom. The molecule has 1 heterocycles. The van der Waals surface area contributed by atoms with Gasteiger partial charge in [-0.25, -0.2) is 0 Å². The van der Waals surface area contributed by atoms with Crippen molar-refractivity contribution in [3.05, 3.63) is 95.4 Å². The van der Waals surface area contributed by atoms with Crippen molar-refractivity contribution in [3.8, 4) is 11.1 Å². The van der Waals surface area contributed by atoms with E-state index in [2.05, 4.69) is 48.5 Å². The van der Waals surface area contributed by atoms with Gasteiger partial charge in [-0.15, -0.1) is 0 Å². The second-order valence-electron chi connectivity index (χ2n) is 5.95. The fraction of sp³-hybridized carbons (Fsp3) is 0.0455. The summed E-state index contributed by atoms with van der Waals surface area (Å²) in [5.41, 5.74) is 2.26. The fourth-order valence-corrected chi connectivity index (χ4v) is 5.13. The molecule has 0 radical (unpaired) electrons. The van der Waals surface area contributed by atoms with Crippen LogP contribution in [-0.4, -0.2) is 19.5 Å². The van der Waals surface area contributed by atoms with Crippen LogP contribution in [0.2, 0.25) is 0 Å². The summed E-state index contributed by atoms with van der Waals surface area (Å²) in [4.78, 5) is 12.7. The van der Waals surface area contributed by atoms with Crippen LogP contribution in [0.4, 0.5) is 0 Å². The van der Waals surface area contributed by atoms with Crippen LogP contribution in [0.1, 0.15) is 0 Å². The molecule has 0 N–H and O–H groups in total. The third-order valence-electron chi connectivity index (χ3n) is 4.22. The molecule has 4 aromatic rings. The van der Waals surface area contributed by atoms with Crippen LogP contribution in [0.5, 0.6) is 0 Å². The molecule has 0 unspecified atom stereocenters. The van der Waals surface area contributed by atoms with Crippen LogP contribution >= 0.6 is 0 Å². The molecule has 0 bridgehead atoms. The topological polar surface area (TPSA) is 22.0 Å². The summed E-state index contributed by atoms with van der Waals surface area (Å²) in [7, 11) is 1.83. The average Bonchev–Trinajstić information content (AvgIpc) is 2.67. The van der Waals surface area contributed by atoms with Crippen LogP contribution in [0, 0.1) is 0 Å². The van der Waals surface area contributed by atoms with Crippen LogP contribution in [0.3, 0.4) is 0 Å². The summed E-state index contributed by atoms with van der Waals surface area (Å²) in [5, 5.41) is 1.85. The molecule has 2 nitrogen and oxygen atoms in total. The normalized spacial score (nSPS) is 10.9. The molecule has 0 spiro atoms. The van der Waals surface area contributed by atoms with E-state index in [9.17, 15) is 4.79 Å². The van der Waals surface area contributed by atoms with Crippen molar-refractivity contribution >= 4 is 34.7 Å². The van der Waals surface area contributed by atoms with Gasteiger partial charge in [-0.3, -0.25) is 0 Å². The quantitative estimate of drug-likeness (QED) is 0.493. The van der Waals surface area contributed by atoms with E-state index in [1.807, 2.05) is 43.6 Å². The van der Waals surface area contributed by atoms with E-state index in [4.69, 9.17) is 0 Å². The van der Waals surface area contributed by atoms with Gasteiger partial charge in [-0.2, -0.15) is 0 Å². The maximum absolute atomic E-state index is 12.7. The Labute approximate surface area is 152 Å². The van der Waals surface area contributed by atoms with Gasteiger partial charge in [-0.05, 0) is 0 Å². The van der Waals surface area contributed by atoms with Crippen molar-refractivity contribution in [2.75, 3.05) is 0 Å². The van der Waals surface area contributed by atoms with E-state index in [-0.39, 0.29) is 20.5 Å². The van der Waals surface area contributed by atoms with Crippen LogP contribution in [0.25, 0.3) is 21.9 Å². The summed E-state index contributed by atoms with van der Waals surface area (Å²) < 4.78 is 4.24. The molecule has 3 heteroatoms. The summed E-state index contributed by atoms with van der Waals surface area (Å²) >= 11 is 0.166. The van der Waals surface area contributed by atoms with Crippen molar-refractivity contribution in [1.29, 1.82) is 0 Å².